The van der Waals surface area contributed by atoms with Crippen molar-refractivity contribution in [3.05, 3.63) is 34.9 Å². The van der Waals surface area contributed by atoms with E-state index in [0.717, 1.165) is 18.0 Å². The number of carbonyl (C=O) groups is 1. The number of benzene rings is 1. The molecule has 0 spiro atoms. The van der Waals surface area contributed by atoms with Crippen LogP contribution >= 0.6 is 24.0 Å². The van der Waals surface area contributed by atoms with Crippen LogP contribution in [0.1, 0.15) is 50.1 Å². The van der Waals surface area contributed by atoms with Gasteiger partial charge in [-0.1, -0.05) is 36.6 Å². The molecule has 2 N–H and O–H groups in total. The molecule has 1 aromatic carbocycles. The van der Waals surface area contributed by atoms with E-state index >= 15 is 0 Å². The highest BCUT2D eigenvalue weighted by Gasteiger charge is 2.27. The summed E-state index contributed by atoms with van der Waals surface area (Å²) in [6.45, 7) is 0.877. The molecule has 2 rings (SSSR count). The van der Waals surface area contributed by atoms with Crippen LogP contribution in [-0.4, -0.2) is 19.5 Å². The summed E-state index contributed by atoms with van der Waals surface area (Å²) in [5.41, 5.74) is 1.17. The molecule has 22 heavy (non-hydrogen) atoms. The second-order valence-corrected chi connectivity index (χ2v) is 6.28. The molecule has 0 bridgehead atoms. The lowest BCUT2D eigenvalue weighted by atomic mass is 9.91. The van der Waals surface area contributed by atoms with Gasteiger partial charge in [0.1, 0.15) is 0 Å². The van der Waals surface area contributed by atoms with Crippen molar-refractivity contribution in [2.45, 2.75) is 44.6 Å². The molecule has 0 aromatic heterocycles. The van der Waals surface area contributed by atoms with E-state index in [1.807, 2.05) is 31.3 Å². The van der Waals surface area contributed by atoms with Gasteiger partial charge in [0, 0.05) is 11.4 Å². The summed E-state index contributed by atoms with van der Waals surface area (Å²) in [4.78, 5) is 12.2. The number of amides is 1. The van der Waals surface area contributed by atoms with E-state index < -0.39 is 0 Å². The lowest BCUT2D eigenvalue weighted by Gasteiger charge is -2.25. The van der Waals surface area contributed by atoms with Gasteiger partial charge in [-0.3, -0.25) is 4.79 Å². The molecular formula is C17H26Cl2N2O. The van der Waals surface area contributed by atoms with Crippen molar-refractivity contribution in [3.8, 4) is 0 Å². The van der Waals surface area contributed by atoms with E-state index in [4.69, 9.17) is 11.6 Å². The summed E-state index contributed by atoms with van der Waals surface area (Å²) in [7, 11) is 1.91. The van der Waals surface area contributed by atoms with E-state index in [1.54, 1.807) is 0 Å². The van der Waals surface area contributed by atoms with Gasteiger partial charge in [-0.25, -0.2) is 0 Å². The van der Waals surface area contributed by atoms with E-state index in [-0.39, 0.29) is 24.4 Å². The van der Waals surface area contributed by atoms with Crippen molar-refractivity contribution < 1.29 is 4.79 Å². The molecule has 1 amide bonds. The lowest BCUT2D eigenvalue weighted by molar-refractivity contribution is -0.122. The Morgan fingerprint density at radius 1 is 1.27 bits per heavy atom. The Labute approximate surface area is 144 Å². The van der Waals surface area contributed by atoms with E-state index in [0.29, 0.717) is 12.3 Å². The SMILES string of the molecule is CNCCCC(=O)NC(c1ccc(Cl)cc1)C1CCCC1.Cl. The maximum absolute atomic E-state index is 12.2. The van der Waals surface area contributed by atoms with Crippen molar-refractivity contribution in [3.63, 3.8) is 0 Å². The van der Waals surface area contributed by atoms with Crippen LogP contribution in [0.5, 0.6) is 0 Å². The van der Waals surface area contributed by atoms with Crippen molar-refractivity contribution in [2.24, 2.45) is 5.92 Å². The van der Waals surface area contributed by atoms with Crippen LogP contribution in [-0.2, 0) is 4.79 Å². The molecule has 1 aliphatic rings. The molecule has 124 valence electrons. The maximum atomic E-state index is 12.2. The predicted molar refractivity (Wildman–Crippen MR) is 94.7 cm³/mol. The third kappa shape index (κ3) is 5.79. The highest BCUT2D eigenvalue weighted by atomic mass is 35.5. The Morgan fingerprint density at radius 3 is 2.50 bits per heavy atom. The first kappa shape index (κ1) is 19.3. The molecule has 1 atom stereocenters. The first-order valence-corrected chi connectivity index (χ1v) is 8.28. The van der Waals surface area contributed by atoms with Crippen LogP contribution in [0.4, 0.5) is 0 Å². The minimum Gasteiger partial charge on any atom is -0.349 e. The van der Waals surface area contributed by atoms with Gasteiger partial charge in [0.2, 0.25) is 5.91 Å². The summed E-state index contributed by atoms with van der Waals surface area (Å²) in [6.07, 6.45) is 6.39. The summed E-state index contributed by atoms with van der Waals surface area (Å²) >= 11 is 5.97. The van der Waals surface area contributed by atoms with Crippen LogP contribution in [0.3, 0.4) is 0 Å². The largest absolute Gasteiger partial charge is 0.349 e. The molecule has 1 aliphatic carbocycles. The third-order valence-corrected chi connectivity index (χ3v) is 4.50. The average Bonchev–Trinajstić information content (AvgIpc) is 3.00. The van der Waals surface area contributed by atoms with Gasteiger partial charge in [0.15, 0.2) is 0 Å². The Morgan fingerprint density at radius 2 is 1.91 bits per heavy atom. The quantitative estimate of drug-likeness (QED) is 0.730. The number of halogens is 2. The second kappa shape index (κ2) is 10.1. The summed E-state index contributed by atoms with van der Waals surface area (Å²) in [5.74, 6) is 0.705. The van der Waals surface area contributed by atoms with Crippen LogP contribution in [0.2, 0.25) is 5.02 Å². The average molecular weight is 345 g/mol. The van der Waals surface area contributed by atoms with E-state index in [1.165, 1.54) is 31.2 Å². The molecule has 5 heteroatoms. The normalized spacial score (nSPS) is 16.1. The molecule has 1 saturated carbocycles. The lowest BCUT2D eigenvalue weighted by Crippen LogP contribution is -2.33. The Balaban J connectivity index is 0.00000242. The van der Waals surface area contributed by atoms with Crippen molar-refractivity contribution >= 4 is 29.9 Å². The molecule has 0 heterocycles. The molecule has 0 saturated heterocycles. The van der Waals surface area contributed by atoms with E-state index in [9.17, 15) is 4.79 Å². The summed E-state index contributed by atoms with van der Waals surface area (Å²) < 4.78 is 0. The molecule has 3 nitrogen and oxygen atoms in total. The van der Waals surface area contributed by atoms with Crippen molar-refractivity contribution in [1.82, 2.24) is 10.6 Å². The van der Waals surface area contributed by atoms with Gasteiger partial charge in [-0.05, 0) is 56.5 Å². The summed E-state index contributed by atoms with van der Waals surface area (Å²) in [6, 6.07) is 8.03. The molecule has 1 unspecified atom stereocenters. The fraction of sp³-hybridized carbons (Fsp3) is 0.588. The van der Waals surface area contributed by atoms with Crippen LogP contribution in [0, 0.1) is 5.92 Å². The Bertz CT molecular complexity index is 444. The number of carbonyl (C=O) groups excluding carboxylic acids is 1. The molecule has 0 aliphatic heterocycles. The number of hydrogen-bond donors (Lipinski definition) is 2. The van der Waals surface area contributed by atoms with Gasteiger partial charge in [-0.15, -0.1) is 12.4 Å². The first-order chi connectivity index (χ1) is 10.2. The number of rotatable bonds is 7. The fourth-order valence-corrected chi connectivity index (χ4v) is 3.23. The number of hydrogen-bond acceptors (Lipinski definition) is 2. The highest BCUT2D eigenvalue weighted by Crippen LogP contribution is 2.36. The second-order valence-electron chi connectivity index (χ2n) is 5.85. The maximum Gasteiger partial charge on any atom is 0.220 e. The third-order valence-electron chi connectivity index (χ3n) is 4.25. The van der Waals surface area contributed by atoms with E-state index in [2.05, 4.69) is 10.6 Å². The smallest absolute Gasteiger partial charge is 0.220 e. The first-order valence-electron chi connectivity index (χ1n) is 7.90. The van der Waals surface area contributed by atoms with Gasteiger partial charge in [-0.2, -0.15) is 0 Å². The van der Waals surface area contributed by atoms with Crippen LogP contribution in [0.25, 0.3) is 0 Å². The van der Waals surface area contributed by atoms with Gasteiger partial charge < -0.3 is 10.6 Å². The zero-order valence-corrected chi connectivity index (χ0v) is 14.7. The van der Waals surface area contributed by atoms with Crippen LogP contribution in [0.15, 0.2) is 24.3 Å². The Kier molecular flexibility index (Phi) is 8.84. The minimum absolute atomic E-state index is 0. The fourth-order valence-electron chi connectivity index (χ4n) is 3.11. The standard InChI is InChI=1S/C17H25ClN2O.ClH/c1-19-12-4-7-16(21)20-17(13-5-2-3-6-13)14-8-10-15(18)11-9-14;/h8-11,13,17,19H,2-7,12H2,1H3,(H,20,21);1H. The molecular weight excluding hydrogens is 319 g/mol. The topological polar surface area (TPSA) is 41.1 Å². The van der Waals surface area contributed by atoms with Gasteiger partial charge >= 0.3 is 0 Å². The minimum atomic E-state index is 0. The monoisotopic (exact) mass is 344 g/mol. The number of nitrogens with one attached hydrogen (secondary N) is 2. The van der Waals surface area contributed by atoms with Gasteiger partial charge in [0.05, 0.1) is 6.04 Å². The molecule has 1 fully saturated rings. The predicted octanol–water partition coefficient (Wildman–Crippen LogP) is 4.11. The molecule has 0 radical (unpaired) electrons. The zero-order valence-electron chi connectivity index (χ0n) is 13.1. The van der Waals surface area contributed by atoms with Crippen molar-refractivity contribution in [2.75, 3.05) is 13.6 Å². The molecule has 1 aromatic rings. The Hall–Kier alpha value is -0.770. The van der Waals surface area contributed by atoms with Gasteiger partial charge in [0.25, 0.3) is 0 Å². The highest BCUT2D eigenvalue weighted by molar-refractivity contribution is 6.30. The summed E-state index contributed by atoms with van der Waals surface area (Å²) in [5, 5.41) is 7.06. The van der Waals surface area contributed by atoms with Crippen LogP contribution < -0.4 is 10.6 Å². The zero-order chi connectivity index (χ0) is 15.1. The van der Waals surface area contributed by atoms with Crippen molar-refractivity contribution in [1.29, 1.82) is 0 Å².